The van der Waals surface area contributed by atoms with Gasteiger partial charge in [-0.3, -0.25) is 9.78 Å². The Hall–Kier alpha value is -2.96. The van der Waals surface area contributed by atoms with Gasteiger partial charge in [0.2, 0.25) is 0 Å². The highest BCUT2D eigenvalue weighted by Gasteiger charge is 2.27. The number of hydrogen-bond acceptors (Lipinski definition) is 5. The third-order valence-corrected chi connectivity index (χ3v) is 5.37. The minimum absolute atomic E-state index is 0.0910. The van der Waals surface area contributed by atoms with Gasteiger partial charge in [0.15, 0.2) is 0 Å². The molecule has 0 fully saturated rings. The molecule has 0 bridgehead atoms. The SMILES string of the molecule is CN1C=Cc2cc(C(CN)C(=O)Cc3ccc4cnccc4c3)ccc2B1O. The Bertz CT molecular complexity index is 1070. The van der Waals surface area contributed by atoms with Gasteiger partial charge in [-0.2, -0.15) is 0 Å². The van der Waals surface area contributed by atoms with E-state index in [2.05, 4.69) is 4.98 Å². The number of aromatic nitrogens is 1. The Morgan fingerprint density at radius 1 is 1.21 bits per heavy atom. The van der Waals surface area contributed by atoms with Crippen molar-refractivity contribution in [1.82, 2.24) is 9.79 Å². The molecule has 0 radical (unpaired) electrons. The topological polar surface area (TPSA) is 79.5 Å². The van der Waals surface area contributed by atoms with Crippen LogP contribution in [0.15, 0.2) is 61.1 Å². The molecule has 5 nitrogen and oxygen atoms in total. The smallest absolute Gasteiger partial charge is 0.429 e. The molecule has 1 unspecified atom stereocenters. The van der Waals surface area contributed by atoms with E-state index in [-0.39, 0.29) is 18.2 Å². The summed E-state index contributed by atoms with van der Waals surface area (Å²) < 4.78 is 0. The fourth-order valence-electron chi connectivity index (χ4n) is 3.71. The van der Waals surface area contributed by atoms with Crippen LogP contribution in [0.25, 0.3) is 16.8 Å². The van der Waals surface area contributed by atoms with Gasteiger partial charge in [0.1, 0.15) is 5.78 Å². The molecule has 1 aromatic heterocycles. The lowest BCUT2D eigenvalue weighted by molar-refractivity contribution is -0.119. The molecule has 3 N–H and O–H groups in total. The Morgan fingerprint density at radius 2 is 2.07 bits per heavy atom. The normalized spacial score (nSPS) is 14.2. The van der Waals surface area contributed by atoms with E-state index in [4.69, 9.17) is 5.73 Å². The number of hydrogen-bond donors (Lipinski definition) is 2. The Labute approximate surface area is 164 Å². The van der Waals surface area contributed by atoms with Gasteiger partial charge in [-0.15, -0.1) is 0 Å². The zero-order valence-corrected chi connectivity index (χ0v) is 15.7. The molecule has 1 atom stereocenters. The lowest BCUT2D eigenvalue weighted by atomic mass is 9.67. The second-order valence-electron chi connectivity index (χ2n) is 7.23. The molecule has 2 heterocycles. The molecular formula is C22H22BN3O2. The minimum atomic E-state index is -0.673. The van der Waals surface area contributed by atoms with E-state index >= 15 is 0 Å². The van der Waals surface area contributed by atoms with Gasteiger partial charge in [0.05, 0.1) is 5.92 Å². The van der Waals surface area contributed by atoms with E-state index < -0.39 is 7.05 Å². The number of benzene rings is 2. The van der Waals surface area contributed by atoms with Crippen LogP contribution in [0.5, 0.6) is 0 Å². The van der Waals surface area contributed by atoms with Crippen LogP contribution in [-0.4, -0.2) is 41.2 Å². The summed E-state index contributed by atoms with van der Waals surface area (Å²) in [7, 11) is 1.15. The van der Waals surface area contributed by atoms with Crippen LogP contribution < -0.4 is 11.2 Å². The molecule has 28 heavy (non-hydrogen) atoms. The summed E-state index contributed by atoms with van der Waals surface area (Å²) in [6, 6.07) is 13.7. The molecule has 140 valence electrons. The van der Waals surface area contributed by atoms with Crippen LogP contribution >= 0.6 is 0 Å². The van der Waals surface area contributed by atoms with E-state index in [0.29, 0.717) is 6.42 Å². The number of carbonyl (C=O) groups is 1. The lowest BCUT2D eigenvalue weighted by Gasteiger charge is -2.25. The van der Waals surface area contributed by atoms with Crippen molar-refractivity contribution < 1.29 is 9.82 Å². The van der Waals surface area contributed by atoms with Crippen LogP contribution in [0.3, 0.4) is 0 Å². The van der Waals surface area contributed by atoms with Gasteiger partial charge in [-0.1, -0.05) is 36.4 Å². The summed E-state index contributed by atoms with van der Waals surface area (Å²) in [4.78, 5) is 18.9. The first kappa shape index (κ1) is 18.4. The first-order valence-corrected chi connectivity index (χ1v) is 9.34. The molecule has 0 saturated heterocycles. The predicted octanol–water partition coefficient (Wildman–Crippen LogP) is 1.69. The van der Waals surface area contributed by atoms with Gasteiger partial charge in [0.25, 0.3) is 0 Å². The zero-order valence-electron chi connectivity index (χ0n) is 15.7. The second-order valence-corrected chi connectivity index (χ2v) is 7.23. The fourth-order valence-corrected chi connectivity index (χ4v) is 3.71. The quantitative estimate of drug-likeness (QED) is 0.668. The molecule has 0 amide bonds. The first-order valence-electron chi connectivity index (χ1n) is 9.34. The highest BCUT2D eigenvalue weighted by molar-refractivity contribution is 6.65. The monoisotopic (exact) mass is 371 g/mol. The van der Waals surface area contributed by atoms with Crippen LogP contribution in [0.1, 0.15) is 22.6 Å². The Morgan fingerprint density at radius 3 is 2.89 bits per heavy atom. The summed E-state index contributed by atoms with van der Waals surface area (Å²) in [5.41, 5.74) is 9.58. The summed E-state index contributed by atoms with van der Waals surface area (Å²) in [5.74, 6) is -0.281. The molecule has 1 aliphatic heterocycles. The third-order valence-electron chi connectivity index (χ3n) is 5.37. The van der Waals surface area contributed by atoms with E-state index in [1.54, 1.807) is 11.0 Å². The number of rotatable bonds is 5. The molecule has 0 aliphatic carbocycles. The summed E-state index contributed by atoms with van der Waals surface area (Å²) in [5, 5.41) is 12.4. The maximum atomic E-state index is 13.0. The maximum Gasteiger partial charge on any atom is 0.449 e. The molecular weight excluding hydrogens is 349 g/mol. The highest BCUT2D eigenvalue weighted by Crippen LogP contribution is 2.22. The molecule has 0 spiro atoms. The number of nitrogens with two attached hydrogens (primary N) is 1. The molecule has 0 saturated carbocycles. The minimum Gasteiger partial charge on any atom is -0.429 e. The molecule has 4 rings (SSSR count). The molecule has 3 aromatic rings. The lowest BCUT2D eigenvalue weighted by Crippen LogP contribution is -2.46. The van der Waals surface area contributed by atoms with Crippen LogP contribution in [-0.2, 0) is 11.2 Å². The van der Waals surface area contributed by atoms with Crippen molar-refractivity contribution in [3.63, 3.8) is 0 Å². The van der Waals surface area contributed by atoms with Crippen molar-refractivity contribution in [2.75, 3.05) is 13.6 Å². The van der Waals surface area contributed by atoms with Gasteiger partial charge in [-0.25, -0.2) is 0 Å². The number of fused-ring (bicyclic) bond motifs is 2. The fraction of sp³-hybridized carbons (Fsp3) is 0.182. The van der Waals surface area contributed by atoms with Crippen molar-refractivity contribution in [3.8, 4) is 0 Å². The van der Waals surface area contributed by atoms with E-state index in [0.717, 1.165) is 32.9 Å². The Kier molecular flexibility index (Phi) is 4.98. The van der Waals surface area contributed by atoms with Gasteiger partial charge >= 0.3 is 7.05 Å². The number of ketones is 1. The third kappa shape index (κ3) is 3.44. The van der Waals surface area contributed by atoms with Gasteiger partial charge < -0.3 is 15.6 Å². The predicted molar refractivity (Wildman–Crippen MR) is 113 cm³/mol. The van der Waals surface area contributed by atoms with Crippen molar-refractivity contribution in [3.05, 3.63) is 77.7 Å². The van der Waals surface area contributed by atoms with Crippen molar-refractivity contribution >= 4 is 35.1 Å². The van der Waals surface area contributed by atoms with E-state index in [9.17, 15) is 9.82 Å². The average molecular weight is 371 g/mol. The number of pyridine rings is 1. The van der Waals surface area contributed by atoms with Gasteiger partial charge in [0, 0.05) is 30.7 Å². The van der Waals surface area contributed by atoms with Crippen molar-refractivity contribution in [1.29, 1.82) is 0 Å². The number of Topliss-reactive ketones (excluding diaryl/α,β-unsaturated/α-hetero) is 1. The van der Waals surface area contributed by atoms with Crippen molar-refractivity contribution in [2.24, 2.45) is 5.73 Å². The molecule has 2 aromatic carbocycles. The summed E-state index contributed by atoms with van der Waals surface area (Å²) in [6.45, 7) is 0.251. The number of carbonyl (C=O) groups excluding carboxylic acids is 1. The summed E-state index contributed by atoms with van der Waals surface area (Å²) >= 11 is 0. The number of nitrogens with zero attached hydrogens (tertiary/aromatic N) is 2. The molecule has 6 heteroatoms. The van der Waals surface area contributed by atoms with E-state index in [1.165, 1.54) is 0 Å². The highest BCUT2D eigenvalue weighted by atomic mass is 16.2. The summed E-state index contributed by atoms with van der Waals surface area (Å²) in [6.07, 6.45) is 7.68. The Balaban J connectivity index is 1.58. The average Bonchev–Trinajstić information content (AvgIpc) is 2.71. The van der Waals surface area contributed by atoms with Crippen LogP contribution in [0.2, 0.25) is 0 Å². The van der Waals surface area contributed by atoms with Gasteiger partial charge in [-0.05, 0) is 52.9 Å². The van der Waals surface area contributed by atoms with Crippen molar-refractivity contribution in [2.45, 2.75) is 12.3 Å². The van der Waals surface area contributed by atoms with Crippen LogP contribution in [0.4, 0.5) is 0 Å². The maximum absolute atomic E-state index is 13.0. The standard InChI is InChI=1S/C22H22BN3O2/c1-26-9-7-18-12-17(4-5-21(18)23(26)28)20(13-24)22(27)11-15-2-3-19-14-25-8-6-16(19)10-15/h2-10,12,14,20,28H,11,13,24H2,1H3. The molecule has 1 aliphatic rings. The first-order chi connectivity index (χ1) is 13.6. The van der Waals surface area contributed by atoms with Crippen LogP contribution in [0, 0.1) is 0 Å². The largest absolute Gasteiger partial charge is 0.449 e. The second kappa shape index (κ2) is 7.58. The zero-order chi connectivity index (χ0) is 19.7. The van der Waals surface area contributed by atoms with E-state index in [1.807, 2.05) is 68.0 Å².